The fourth-order valence-corrected chi connectivity index (χ4v) is 2.38. The number of carbonyl (C=O) groups is 1. The molecule has 0 saturated carbocycles. The van der Waals surface area contributed by atoms with Crippen LogP contribution in [-0.2, 0) is 11.2 Å². The van der Waals surface area contributed by atoms with Gasteiger partial charge in [-0.2, -0.15) is 0 Å². The van der Waals surface area contributed by atoms with E-state index in [9.17, 15) is 4.79 Å². The van der Waals surface area contributed by atoms with E-state index in [4.69, 9.17) is 14.2 Å². The van der Waals surface area contributed by atoms with Crippen LogP contribution in [0.4, 0.5) is 0 Å². The molecular formula is C12H15BrO4. The van der Waals surface area contributed by atoms with Crippen molar-refractivity contribution in [1.82, 2.24) is 0 Å². The number of methoxy groups -OCH3 is 3. The third-order valence-electron chi connectivity index (χ3n) is 2.38. The Balaban J connectivity index is 3.28. The Bertz CT molecular complexity index is 404. The highest BCUT2D eigenvalue weighted by atomic mass is 79.9. The fraction of sp³-hybridized carbons (Fsp3) is 0.417. The minimum absolute atomic E-state index is 0.443. The number of aryl methyl sites for hydroxylation is 1. The number of hydrogen-bond donors (Lipinski definition) is 0. The zero-order valence-corrected chi connectivity index (χ0v) is 11.7. The second kappa shape index (κ2) is 6.49. The molecule has 94 valence electrons. The first kappa shape index (κ1) is 13.8. The lowest BCUT2D eigenvalue weighted by molar-refractivity contribution is -0.107. The van der Waals surface area contributed by atoms with Crippen molar-refractivity contribution in [2.24, 2.45) is 0 Å². The second-order valence-electron chi connectivity index (χ2n) is 3.32. The smallest absolute Gasteiger partial charge is 0.178 e. The molecule has 0 fully saturated rings. The van der Waals surface area contributed by atoms with Gasteiger partial charge in [0.05, 0.1) is 21.3 Å². The van der Waals surface area contributed by atoms with Crippen LogP contribution in [0.3, 0.4) is 0 Å². The highest BCUT2D eigenvalue weighted by molar-refractivity contribution is 9.10. The maximum absolute atomic E-state index is 10.4. The zero-order chi connectivity index (χ0) is 12.8. The first-order valence-corrected chi connectivity index (χ1v) is 5.89. The minimum Gasteiger partial charge on any atom is -0.495 e. The van der Waals surface area contributed by atoms with E-state index in [1.54, 1.807) is 21.3 Å². The molecule has 5 heteroatoms. The van der Waals surface area contributed by atoms with Crippen molar-refractivity contribution in [2.45, 2.75) is 12.8 Å². The van der Waals surface area contributed by atoms with Crippen molar-refractivity contribution in [1.29, 1.82) is 0 Å². The van der Waals surface area contributed by atoms with Crippen molar-refractivity contribution in [3.8, 4) is 17.2 Å². The van der Waals surface area contributed by atoms with Crippen molar-refractivity contribution >= 4 is 22.2 Å². The lowest BCUT2D eigenvalue weighted by Crippen LogP contribution is -1.99. The van der Waals surface area contributed by atoms with Crippen molar-refractivity contribution in [2.75, 3.05) is 21.3 Å². The molecule has 0 atom stereocenters. The Kier molecular flexibility index (Phi) is 5.28. The number of aldehydes is 1. The van der Waals surface area contributed by atoms with Gasteiger partial charge in [0.2, 0.25) is 0 Å². The van der Waals surface area contributed by atoms with Crippen LogP contribution < -0.4 is 14.2 Å². The largest absolute Gasteiger partial charge is 0.495 e. The number of halogens is 1. The quantitative estimate of drug-likeness (QED) is 0.758. The van der Waals surface area contributed by atoms with Crippen LogP contribution in [0.1, 0.15) is 12.0 Å². The van der Waals surface area contributed by atoms with E-state index in [0.717, 1.165) is 11.8 Å². The maximum Gasteiger partial charge on any atom is 0.178 e. The fourth-order valence-electron chi connectivity index (χ4n) is 1.60. The number of carbonyl (C=O) groups excluding carboxylic acids is 1. The molecule has 0 N–H and O–H groups in total. The van der Waals surface area contributed by atoms with Gasteiger partial charge in [-0.3, -0.25) is 0 Å². The van der Waals surface area contributed by atoms with Gasteiger partial charge in [-0.05, 0) is 34.0 Å². The number of hydrogen-bond acceptors (Lipinski definition) is 4. The van der Waals surface area contributed by atoms with Gasteiger partial charge in [-0.15, -0.1) is 0 Å². The predicted octanol–water partition coefficient (Wildman–Crippen LogP) is 2.61. The molecule has 0 radical (unpaired) electrons. The SMILES string of the molecule is COc1cc(CCC=O)c(OC)c(Br)c1OC. The number of benzene rings is 1. The molecule has 1 aromatic rings. The van der Waals surface area contributed by atoms with Gasteiger partial charge in [0.15, 0.2) is 11.5 Å². The monoisotopic (exact) mass is 302 g/mol. The van der Waals surface area contributed by atoms with Gasteiger partial charge < -0.3 is 19.0 Å². The lowest BCUT2D eigenvalue weighted by Gasteiger charge is -2.16. The molecule has 0 aromatic heterocycles. The van der Waals surface area contributed by atoms with Gasteiger partial charge in [0.1, 0.15) is 16.5 Å². The van der Waals surface area contributed by atoms with E-state index in [2.05, 4.69) is 15.9 Å². The third kappa shape index (κ3) is 2.91. The van der Waals surface area contributed by atoms with Crippen LogP contribution >= 0.6 is 15.9 Å². The molecule has 0 bridgehead atoms. The summed E-state index contributed by atoms with van der Waals surface area (Å²) in [5.41, 5.74) is 0.907. The number of ether oxygens (including phenoxy) is 3. The van der Waals surface area contributed by atoms with Gasteiger partial charge in [-0.25, -0.2) is 0 Å². The predicted molar refractivity (Wildman–Crippen MR) is 68.2 cm³/mol. The molecule has 0 amide bonds. The molecule has 1 aromatic carbocycles. The van der Waals surface area contributed by atoms with Gasteiger partial charge in [0.25, 0.3) is 0 Å². The standard InChI is InChI=1S/C12H15BrO4/c1-15-9-7-8(5-4-6-14)11(16-2)10(13)12(9)17-3/h6-7H,4-5H2,1-3H3. The Morgan fingerprint density at radius 2 is 1.82 bits per heavy atom. The Labute approximate surface area is 109 Å². The Morgan fingerprint density at radius 1 is 1.18 bits per heavy atom. The summed E-state index contributed by atoms with van der Waals surface area (Å²) in [7, 11) is 4.71. The molecule has 1 rings (SSSR count). The van der Waals surface area contributed by atoms with Crippen LogP contribution in [0, 0.1) is 0 Å². The van der Waals surface area contributed by atoms with Crippen molar-refractivity contribution in [3.05, 3.63) is 16.1 Å². The zero-order valence-electron chi connectivity index (χ0n) is 10.1. The molecule has 0 unspecified atom stereocenters. The highest BCUT2D eigenvalue weighted by Gasteiger charge is 2.18. The lowest BCUT2D eigenvalue weighted by atomic mass is 10.1. The summed E-state index contributed by atoms with van der Waals surface area (Å²) in [5, 5.41) is 0. The van der Waals surface area contributed by atoms with E-state index in [1.807, 2.05) is 6.07 Å². The van der Waals surface area contributed by atoms with Crippen LogP contribution in [-0.4, -0.2) is 27.6 Å². The topological polar surface area (TPSA) is 44.8 Å². The van der Waals surface area contributed by atoms with Crippen LogP contribution in [0.5, 0.6) is 17.2 Å². The molecule has 4 nitrogen and oxygen atoms in total. The maximum atomic E-state index is 10.4. The second-order valence-corrected chi connectivity index (χ2v) is 4.12. The Hall–Kier alpha value is -1.23. The van der Waals surface area contributed by atoms with Crippen LogP contribution in [0.25, 0.3) is 0 Å². The normalized spacial score (nSPS) is 9.88. The van der Waals surface area contributed by atoms with Gasteiger partial charge in [0, 0.05) is 6.42 Å². The molecule has 0 spiro atoms. The first-order valence-electron chi connectivity index (χ1n) is 5.10. The Morgan fingerprint density at radius 3 is 2.29 bits per heavy atom. The average Bonchev–Trinajstić information content (AvgIpc) is 2.35. The molecule has 0 saturated heterocycles. The van der Waals surface area contributed by atoms with E-state index in [1.165, 1.54) is 0 Å². The summed E-state index contributed by atoms with van der Waals surface area (Å²) in [6.45, 7) is 0. The molecule has 0 heterocycles. The van der Waals surface area contributed by atoms with E-state index in [0.29, 0.717) is 34.6 Å². The minimum atomic E-state index is 0.443. The van der Waals surface area contributed by atoms with Gasteiger partial charge >= 0.3 is 0 Å². The summed E-state index contributed by atoms with van der Waals surface area (Å²) in [6, 6.07) is 1.83. The summed E-state index contributed by atoms with van der Waals surface area (Å²) >= 11 is 3.42. The molecular weight excluding hydrogens is 288 g/mol. The van der Waals surface area contributed by atoms with Gasteiger partial charge in [-0.1, -0.05) is 0 Å². The van der Waals surface area contributed by atoms with Crippen LogP contribution in [0.15, 0.2) is 10.5 Å². The molecule has 0 aliphatic rings. The average molecular weight is 303 g/mol. The van der Waals surface area contributed by atoms with E-state index in [-0.39, 0.29) is 0 Å². The summed E-state index contributed by atoms with van der Waals surface area (Å²) in [4.78, 5) is 10.4. The third-order valence-corrected chi connectivity index (χ3v) is 3.10. The summed E-state index contributed by atoms with van der Waals surface area (Å²) < 4.78 is 16.5. The van der Waals surface area contributed by atoms with E-state index < -0.39 is 0 Å². The summed E-state index contributed by atoms with van der Waals surface area (Å²) in [6.07, 6.45) is 1.92. The first-order chi connectivity index (χ1) is 8.19. The van der Waals surface area contributed by atoms with Crippen molar-refractivity contribution < 1.29 is 19.0 Å². The summed E-state index contributed by atoms with van der Waals surface area (Å²) in [5.74, 6) is 1.87. The number of rotatable bonds is 6. The van der Waals surface area contributed by atoms with E-state index >= 15 is 0 Å². The van der Waals surface area contributed by atoms with Crippen molar-refractivity contribution in [3.63, 3.8) is 0 Å². The molecule has 17 heavy (non-hydrogen) atoms. The van der Waals surface area contributed by atoms with Crippen LogP contribution in [0.2, 0.25) is 0 Å². The highest BCUT2D eigenvalue weighted by Crippen LogP contribution is 2.44. The molecule has 0 aliphatic carbocycles. The molecule has 0 aliphatic heterocycles.